The molecule has 0 aromatic heterocycles. The molecule has 0 heterocycles. The number of benzene rings is 2. The van der Waals surface area contributed by atoms with Crippen LogP contribution in [0.1, 0.15) is 0 Å². The van der Waals surface area contributed by atoms with Crippen LogP contribution in [0.5, 0.6) is 11.5 Å². The summed E-state index contributed by atoms with van der Waals surface area (Å²) in [4.78, 5) is 19.7. The summed E-state index contributed by atoms with van der Waals surface area (Å²) < 4.78 is 35.7. The highest BCUT2D eigenvalue weighted by Crippen LogP contribution is 2.52. The molecule has 2 rings (SSSR count). The Balaban J connectivity index is 2.27. The van der Waals surface area contributed by atoms with E-state index in [4.69, 9.17) is 18.8 Å². The molecule has 124 valence electrons. The Kier molecular flexibility index (Phi) is 6.08. The molecule has 0 atom stereocenters. The SMILES string of the molecule is O=P(O)(O)NP(=O)(Oc1ccc(Br)cc1)Oc1ccc(Br)cc1. The standard InChI is InChI=1S/C12H11Br2NO6P2/c13-9-1-5-11(6-2-9)20-23(19,15-22(16,17)18)21-12-7-3-10(14)4-8-12/h1-8H,(H3,15,16,17,18,19). The van der Waals surface area contributed by atoms with E-state index in [1.54, 1.807) is 29.1 Å². The molecule has 0 spiro atoms. The van der Waals surface area contributed by atoms with Crippen molar-refractivity contribution in [2.45, 2.75) is 0 Å². The van der Waals surface area contributed by atoms with E-state index in [1.165, 1.54) is 24.3 Å². The van der Waals surface area contributed by atoms with Gasteiger partial charge in [0.1, 0.15) is 11.5 Å². The van der Waals surface area contributed by atoms with Crippen LogP contribution in [-0.4, -0.2) is 9.79 Å². The lowest BCUT2D eigenvalue weighted by Gasteiger charge is -2.20. The Morgan fingerprint density at radius 1 is 0.783 bits per heavy atom. The van der Waals surface area contributed by atoms with Crippen molar-refractivity contribution in [1.29, 1.82) is 0 Å². The normalized spacial score (nSPS) is 12.0. The first-order chi connectivity index (χ1) is 10.7. The maximum atomic E-state index is 12.7. The highest BCUT2D eigenvalue weighted by atomic mass is 79.9. The molecule has 0 aliphatic heterocycles. The first kappa shape index (κ1) is 18.7. The Labute approximate surface area is 149 Å². The number of halogens is 2. The van der Waals surface area contributed by atoms with E-state index in [0.29, 0.717) is 0 Å². The zero-order valence-electron chi connectivity index (χ0n) is 11.3. The van der Waals surface area contributed by atoms with Crippen LogP contribution in [0.2, 0.25) is 0 Å². The summed E-state index contributed by atoms with van der Waals surface area (Å²) in [5.74, 6) is 0.240. The van der Waals surface area contributed by atoms with Crippen molar-refractivity contribution in [3.8, 4) is 11.5 Å². The summed E-state index contributed by atoms with van der Waals surface area (Å²) in [6, 6.07) is 12.4. The third-order valence-electron chi connectivity index (χ3n) is 2.33. The molecule has 0 radical (unpaired) electrons. The largest absolute Gasteiger partial charge is 0.522 e. The van der Waals surface area contributed by atoms with Crippen LogP contribution < -0.4 is 13.9 Å². The van der Waals surface area contributed by atoms with Gasteiger partial charge in [-0.1, -0.05) is 31.9 Å². The molecular formula is C12H11Br2NO6P2. The molecular weight excluding hydrogens is 476 g/mol. The second-order valence-electron chi connectivity index (χ2n) is 4.23. The third-order valence-corrected chi connectivity index (χ3v) is 6.31. The van der Waals surface area contributed by atoms with Gasteiger partial charge in [0, 0.05) is 8.95 Å². The molecule has 0 bridgehead atoms. The molecule has 0 saturated heterocycles. The molecule has 0 aliphatic rings. The van der Waals surface area contributed by atoms with E-state index in [9.17, 15) is 9.13 Å². The first-order valence-corrected chi connectivity index (χ1v) is 10.7. The van der Waals surface area contributed by atoms with Crippen LogP contribution >= 0.6 is 47.4 Å². The molecule has 3 N–H and O–H groups in total. The van der Waals surface area contributed by atoms with E-state index < -0.39 is 15.5 Å². The second-order valence-corrected chi connectivity index (χ2v) is 9.31. The Bertz CT molecular complexity index is 711. The average Bonchev–Trinajstić information content (AvgIpc) is 2.42. The molecule has 7 nitrogen and oxygen atoms in total. The van der Waals surface area contributed by atoms with Gasteiger partial charge in [-0.3, -0.25) is 0 Å². The second kappa shape index (κ2) is 7.49. The fourth-order valence-electron chi connectivity index (χ4n) is 1.49. The molecule has 0 unspecified atom stereocenters. The van der Waals surface area contributed by atoms with E-state index in [1.807, 2.05) is 0 Å². The van der Waals surface area contributed by atoms with Crippen molar-refractivity contribution in [3.63, 3.8) is 0 Å². The van der Waals surface area contributed by atoms with Gasteiger partial charge in [-0.15, -0.1) is 4.86 Å². The van der Waals surface area contributed by atoms with Gasteiger partial charge in [-0.2, -0.15) is 0 Å². The summed E-state index contributed by atoms with van der Waals surface area (Å²) in [5.41, 5.74) is 0. The summed E-state index contributed by atoms with van der Waals surface area (Å²) in [5, 5.41) is 0. The number of nitrogens with one attached hydrogen (secondary N) is 1. The highest BCUT2D eigenvalue weighted by Gasteiger charge is 2.36. The van der Waals surface area contributed by atoms with Crippen LogP contribution in [-0.2, 0) is 9.13 Å². The van der Waals surface area contributed by atoms with Crippen molar-refractivity contribution in [2.75, 3.05) is 0 Å². The molecule has 23 heavy (non-hydrogen) atoms. The van der Waals surface area contributed by atoms with Crippen molar-refractivity contribution >= 4 is 47.4 Å². The summed E-state index contributed by atoms with van der Waals surface area (Å²) in [6.45, 7) is 0. The summed E-state index contributed by atoms with van der Waals surface area (Å²) in [7, 11) is -9.22. The van der Waals surface area contributed by atoms with Gasteiger partial charge in [0.25, 0.3) is 0 Å². The highest BCUT2D eigenvalue weighted by molar-refractivity contribution is 9.10. The van der Waals surface area contributed by atoms with Gasteiger partial charge < -0.3 is 18.8 Å². The van der Waals surface area contributed by atoms with Crippen LogP contribution in [0.3, 0.4) is 0 Å². The fraction of sp³-hybridized carbons (Fsp3) is 0. The predicted octanol–water partition coefficient (Wildman–Crippen LogP) is 4.46. The van der Waals surface area contributed by atoms with Gasteiger partial charge >= 0.3 is 15.5 Å². The van der Waals surface area contributed by atoms with Gasteiger partial charge in [0.05, 0.1) is 0 Å². The van der Waals surface area contributed by atoms with Crippen molar-refractivity contribution in [2.24, 2.45) is 0 Å². The van der Waals surface area contributed by atoms with Gasteiger partial charge in [-0.25, -0.2) is 9.13 Å². The lowest BCUT2D eigenvalue weighted by molar-refractivity contribution is 0.345. The molecule has 0 saturated carbocycles. The van der Waals surface area contributed by atoms with Crippen LogP contribution in [0.25, 0.3) is 0 Å². The Hall–Kier alpha value is -0.660. The van der Waals surface area contributed by atoms with Crippen molar-refractivity contribution in [3.05, 3.63) is 57.5 Å². The van der Waals surface area contributed by atoms with Crippen LogP contribution in [0, 0.1) is 0 Å². The smallest absolute Gasteiger partial charge is 0.404 e. The zero-order valence-corrected chi connectivity index (χ0v) is 16.3. The third kappa shape index (κ3) is 6.39. The molecule has 2 aromatic carbocycles. The Morgan fingerprint density at radius 2 is 1.13 bits per heavy atom. The number of hydrogen-bond acceptors (Lipinski definition) is 4. The molecule has 0 amide bonds. The maximum Gasteiger partial charge on any atom is 0.522 e. The van der Waals surface area contributed by atoms with Gasteiger partial charge in [0.15, 0.2) is 0 Å². The minimum atomic E-state index is -4.86. The Morgan fingerprint density at radius 3 is 1.43 bits per heavy atom. The molecule has 11 heteroatoms. The number of rotatable bonds is 6. The lowest BCUT2D eigenvalue weighted by atomic mass is 10.3. The minimum Gasteiger partial charge on any atom is -0.404 e. The van der Waals surface area contributed by atoms with Gasteiger partial charge in [-0.05, 0) is 48.5 Å². The lowest BCUT2D eigenvalue weighted by Crippen LogP contribution is -2.16. The van der Waals surface area contributed by atoms with Crippen molar-refractivity contribution in [1.82, 2.24) is 4.86 Å². The zero-order chi connectivity index (χ0) is 17.1. The first-order valence-electron chi connectivity index (χ1n) is 6.01. The molecule has 0 aliphatic carbocycles. The van der Waals surface area contributed by atoms with E-state index in [2.05, 4.69) is 31.9 Å². The predicted molar refractivity (Wildman–Crippen MR) is 92.3 cm³/mol. The topological polar surface area (TPSA) is 105 Å². The maximum absolute atomic E-state index is 12.7. The molecule has 2 aromatic rings. The van der Waals surface area contributed by atoms with E-state index >= 15 is 0 Å². The molecule has 0 fully saturated rings. The van der Waals surface area contributed by atoms with Crippen LogP contribution in [0.4, 0.5) is 0 Å². The summed E-state index contributed by atoms with van der Waals surface area (Å²) >= 11 is 6.47. The number of hydrogen-bond donors (Lipinski definition) is 3. The van der Waals surface area contributed by atoms with Gasteiger partial charge in [0.2, 0.25) is 0 Å². The van der Waals surface area contributed by atoms with E-state index in [-0.39, 0.29) is 11.5 Å². The summed E-state index contributed by atoms with van der Waals surface area (Å²) in [6.07, 6.45) is 0. The monoisotopic (exact) mass is 485 g/mol. The van der Waals surface area contributed by atoms with Crippen LogP contribution in [0.15, 0.2) is 57.5 Å². The van der Waals surface area contributed by atoms with Crippen molar-refractivity contribution < 1.29 is 28.0 Å². The minimum absolute atomic E-state index is 0.120. The quantitative estimate of drug-likeness (QED) is 0.517. The fourth-order valence-corrected chi connectivity index (χ4v) is 4.45. The van der Waals surface area contributed by atoms with E-state index in [0.717, 1.165) is 8.95 Å². The average molecular weight is 487 g/mol.